The van der Waals surface area contributed by atoms with Crippen LogP contribution in [0.3, 0.4) is 0 Å². The van der Waals surface area contributed by atoms with Gasteiger partial charge in [-0.05, 0) is 86.1 Å². The zero-order valence-electron chi connectivity index (χ0n) is 19.6. The van der Waals surface area contributed by atoms with Crippen molar-refractivity contribution in [1.29, 1.82) is 0 Å². The minimum Gasteiger partial charge on any atom is -0.497 e. The van der Waals surface area contributed by atoms with E-state index < -0.39 is 22.5 Å². The Hall–Kier alpha value is -3.56. The molecule has 0 atom stereocenters. The number of hydrazone groups is 1. The van der Waals surface area contributed by atoms with Crippen molar-refractivity contribution in [2.45, 2.75) is 18.7 Å². The summed E-state index contributed by atoms with van der Waals surface area (Å²) in [6.45, 7) is 3.69. The molecule has 184 valence electrons. The molecule has 0 aliphatic carbocycles. The molecule has 0 aliphatic heterocycles. The fourth-order valence-electron chi connectivity index (χ4n) is 3.16. The van der Waals surface area contributed by atoms with E-state index in [9.17, 15) is 13.2 Å². The first-order valence-corrected chi connectivity index (χ1v) is 12.5. The summed E-state index contributed by atoms with van der Waals surface area (Å²) in [5.41, 5.74) is 4.02. The van der Waals surface area contributed by atoms with Gasteiger partial charge in [-0.1, -0.05) is 17.7 Å². The Bertz CT molecular complexity index is 1290. The van der Waals surface area contributed by atoms with Gasteiger partial charge in [-0.3, -0.25) is 9.10 Å². The van der Waals surface area contributed by atoms with Gasteiger partial charge in [0.1, 0.15) is 18.0 Å². The number of ether oxygens (including phenoxy) is 2. The van der Waals surface area contributed by atoms with E-state index in [-0.39, 0.29) is 10.6 Å². The van der Waals surface area contributed by atoms with E-state index in [1.165, 1.54) is 37.4 Å². The molecule has 0 radical (unpaired) electrons. The Kier molecular flexibility index (Phi) is 8.73. The van der Waals surface area contributed by atoms with Crippen molar-refractivity contribution in [3.8, 4) is 11.5 Å². The first-order valence-electron chi connectivity index (χ1n) is 10.7. The number of hydrogen-bond donors (Lipinski definition) is 1. The van der Waals surface area contributed by atoms with Crippen LogP contribution in [0.2, 0.25) is 5.02 Å². The van der Waals surface area contributed by atoms with Gasteiger partial charge in [0.05, 0.1) is 30.0 Å². The second-order valence-electron chi connectivity index (χ2n) is 7.36. The van der Waals surface area contributed by atoms with Crippen molar-refractivity contribution < 1.29 is 22.7 Å². The number of sulfonamides is 1. The Morgan fingerprint density at radius 1 is 1.03 bits per heavy atom. The van der Waals surface area contributed by atoms with Crippen molar-refractivity contribution >= 4 is 38.9 Å². The largest absolute Gasteiger partial charge is 0.497 e. The lowest BCUT2D eigenvalue weighted by atomic mass is 10.1. The third-order valence-corrected chi connectivity index (χ3v) is 6.99. The quantitative estimate of drug-likeness (QED) is 0.317. The molecule has 1 N–H and O–H groups in total. The number of anilines is 1. The highest BCUT2D eigenvalue weighted by atomic mass is 35.5. The monoisotopic (exact) mass is 515 g/mol. The number of benzene rings is 3. The SMILES string of the molecule is CCOc1ccc(/C(C)=N\NC(=O)CN(c2cccc(Cl)c2)S(=O)(=O)c2ccc(OC)cc2)cc1. The van der Waals surface area contributed by atoms with Crippen molar-refractivity contribution in [2.75, 3.05) is 24.6 Å². The number of nitrogens with zero attached hydrogens (tertiary/aromatic N) is 2. The van der Waals surface area contributed by atoms with Gasteiger partial charge in [-0.2, -0.15) is 5.10 Å². The molecular weight excluding hydrogens is 490 g/mol. The molecule has 35 heavy (non-hydrogen) atoms. The summed E-state index contributed by atoms with van der Waals surface area (Å²) < 4.78 is 38.4. The Labute approximate surface area is 210 Å². The molecule has 8 nitrogen and oxygen atoms in total. The van der Waals surface area contributed by atoms with Crippen LogP contribution in [0.25, 0.3) is 0 Å². The van der Waals surface area contributed by atoms with Crippen LogP contribution in [0, 0.1) is 0 Å². The molecule has 0 unspecified atom stereocenters. The summed E-state index contributed by atoms with van der Waals surface area (Å²) in [5, 5.41) is 4.46. The fourth-order valence-corrected chi connectivity index (χ4v) is 4.75. The smallest absolute Gasteiger partial charge is 0.264 e. The van der Waals surface area contributed by atoms with Gasteiger partial charge in [0, 0.05) is 5.02 Å². The zero-order chi connectivity index (χ0) is 25.4. The van der Waals surface area contributed by atoms with Crippen molar-refractivity contribution in [3.63, 3.8) is 0 Å². The Morgan fingerprint density at radius 3 is 2.29 bits per heavy atom. The highest BCUT2D eigenvalue weighted by Crippen LogP contribution is 2.27. The molecule has 3 aromatic carbocycles. The molecule has 3 aromatic rings. The average molecular weight is 516 g/mol. The van der Waals surface area contributed by atoms with Crippen LogP contribution in [-0.2, 0) is 14.8 Å². The van der Waals surface area contributed by atoms with E-state index in [0.29, 0.717) is 23.1 Å². The minimum atomic E-state index is -4.10. The van der Waals surface area contributed by atoms with Crippen LogP contribution < -0.4 is 19.2 Å². The molecule has 1 amide bonds. The van der Waals surface area contributed by atoms with Gasteiger partial charge in [-0.15, -0.1) is 0 Å². The zero-order valence-corrected chi connectivity index (χ0v) is 21.1. The van der Waals surface area contributed by atoms with Crippen LogP contribution in [0.4, 0.5) is 5.69 Å². The predicted molar refractivity (Wildman–Crippen MR) is 137 cm³/mol. The maximum Gasteiger partial charge on any atom is 0.264 e. The summed E-state index contributed by atoms with van der Waals surface area (Å²) in [7, 11) is -2.61. The lowest BCUT2D eigenvalue weighted by Crippen LogP contribution is -2.39. The minimum absolute atomic E-state index is 0.000135. The molecule has 3 rings (SSSR count). The van der Waals surface area contributed by atoms with Gasteiger partial charge in [-0.25, -0.2) is 13.8 Å². The fraction of sp³-hybridized carbons (Fsp3) is 0.200. The van der Waals surface area contributed by atoms with E-state index in [1.54, 1.807) is 25.1 Å². The summed E-state index contributed by atoms with van der Waals surface area (Å²) in [6, 6.07) is 19.4. The number of amides is 1. The van der Waals surface area contributed by atoms with E-state index in [0.717, 1.165) is 15.6 Å². The normalized spacial score (nSPS) is 11.6. The molecular formula is C25H26ClN3O5S. The van der Waals surface area contributed by atoms with Crippen molar-refractivity contribution in [2.24, 2.45) is 5.10 Å². The van der Waals surface area contributed by atoms with Gasteiger partial charge in [0.25, 0.3) is 15.9 Å². The van der Waals surface area contributed by atoms with Crippen molar-refractivity contribution in [3.05, 3.63) is 83.4 Å². The van der Waals surface area contributed by atoms with Gasteiger partial charge in [0.2, 0.25) is 0 Å². The summed E-state index contributed by atoms with van der Waals surface area (Å²) in [6.07, 6.45) is 0. The van der Waals surface area contributed by atoms with Crippen LogP contribution in [0.1, 0.15) is 19.4 Å². The average Bonchev–Trinajstić information content (AvgIpc) is 2.86. The van der Waals surface area contributed by atoms with Crippen LogP contribution in [-0.4, -0.2) is 40.3 Å². The van der Waals surface area contributed by atoms with E-state index >= 15 is 0 Å². The maximum absolute atomic E-state index is 13.4. The highest BCUT2D eigenvalue weighted by molar-refractivity contribution is 7.92. The van der Waals surface area contributed by atoms with Crippen LogP contribution in [0.5, 0.6) is 11.5 Å². The second-order valence-corrected chi connectivity index (χ2v) is 9.66. The lowest BCUT2D eigenvalue weighted by molar-refractivity contribution is -0.119. The molecule has 0 aromatic heterocycles. The molecule has 0 heterocycles. The van der Waals surface area contributed by atoms with Gasteiger partial charge < -0.3 is 9.47 Å². The summed E-state index contributed by atoms with van der Waals surface area (Å²) in [4.78, 5) is 12.8. The van der Waals surface area contributed by atoms with Crippen LogP contribution in [0.15, 0.2) is 82.8 Å². The third kappa shape index (κ3) is 6.74. The van der Waals surface area contributed by atoms with E-state index in [4.69, 9.17) is 21.1 Å². The summed E-state index contributed by atoms with van der Waals surface area (Å²) >= 11 is 6.09. The number of nitrogens with one attached hydrogen (secondary N) is 1. The third-order valence-electron chi connectivity index (χ3n) is 4.96. The number of carbonyl (C=O) groups is 1. The highest BCUT2D eigenvalue weighted by Gasteiger charge is 2.27. The molecule has 0 spiro atoms. The molecule has 0 aliphatic rings. The number of rotatable bonds is 10. The number of carbonyl (C=O) groups excluding carboxylic acids is 1. The van der Waals surface area contributed by atoms with Gasteiger partial charge in [0.15, 0.2) is 0 Å². The molecule has 0 saturated carbocycles. The first kappa shape index (κ1) is 26.1. The Balaban J connectivity index is 1.83. The maximum atomic E-state index is 13.4. The Morgan fingerprint density at radius 2 is 1.69 bits per heavy atom. The van der Waals surface area contributed by atoms with Gasteiger partial charge >= 0.3 is 0 Å². The predicted octanol–water partition coefficient (Wildman–Crippen LogP) is 4.48. The number of methoxy groups -OCH3 is 1. The van der Waals surface area contributed by atoms with Crippen molar-refractivity contribution in [1.82, 2.24) is 5.43 Å². The first-order chi connectivity index (χ1) is 16.7. The molecule has 0 bridgehead atoms. The summed E-state index contributed by atoms with van der Waals surface area (Å²) in [5.74, 6) is 0.622. The number of hydrogen-bond acceptors (Lipinski definition) is 6. The molecule has 0 fully saturated rings. The topological polar surface area (TPSA) is 97.3 Å². The lowest BCUT2D eigenvalue weighted by Gasteiger charge is -2.24. The van der Waals surface area contributed by atoms with E-state index in [1.807, 2.05) is 31.2 Å². The molecule has 0 saturated heterocycles. The van der Waals surface area contributed by atoms with Crippen LogP contribution >= 0.6 is 11.6 Å². The standard InChI is InChI=1S/C25H26ClN3O5S/c1-4-34-23-10-8-19(9-11-23)18(2)27-28-25(30)17-29(21-7-5-6-20(26)16-21)35(31,32)24-14-12-22(33-3)13-15-24/h5-16H,4,17H2,1-3H3,(H,28,30)/b27-18-. The molecule has 10 heteroatoms. The number of halogens is 1. The second kappa shape index (κ2) is 11.7. The van der Waals surface area contributed by atoms with E-state index in [2.05, 4.69) is 10.5 Å².